The summed E-state index contributed by atoms with van der Waals surface area (Å²) < 4.78 is 0. The summed E-state index contributed by atoms with van der Waals surface area (Å²) in [6.07, 6.45) is 1.26. The third-order valence-electron chi connectivity index (χ3n) is 4.49. The van der Waals surface area contributed by atoms with Gasteiger partial charge in [-0.3, -0.25) is 0 Å². The maximum atomic E-state index is 6.13. The molecule has 0 saturated carbocycles. The van der Waals surface area contributed by atoms with Crippen molar-refractivity contribution >= 4 is 16.3 Å². The van der Waals surface area contributed by atoms with Gasteiger partial charge in [0.05, 0.1) is 5.00 Å². The monoisotopic (exact) mass is 237 g/mol. The van der Waals surface area contributed by atoms with Crippen molar-refractivity contribution in [3.8, 4) is 0 Å². The molecule has 2 rings (SSSR count). The lowest BCUT2D eigenvalue weighted by molar-refractivity contribution is 0.237. The van der Waals surface area contributed by atoms with E-state index in [1.165, 1.54) is 22.4 Å². The highest BCUT2D eigenvalue weighted by Crippen LogP contribution is 2.54. The van der Waals surface area contributed by atoms with Crippen LogP contribution in [0, 0.1) is 12.8 Å². The molecule has 90 valence electrons. The zero-order valence-electron chi connectivity index (χ0n) is 11.3. The molecule has 16 heavy (non-hydrogen) atoms. The summed E-state index contributed by atoms with van der Waals surface area (Å²) in [5.41, 5.74) is 9.53. The number of fused-ring (bicyclic) bond motifs is 1. The first-order valence-electron chi connectivity index (χ1n) is 6.07. The second-order valence-corrected chi connectivity index (χ2v) is 7.56. The molecule has 0 radical (unpaired) electrons. The summed E-state index contributed by atoms with van der Waals surface area (Å²) in [6, 6.07) is 0. The molecular weight excluding hydrogens is 214 g/mol. The molecule has 2 N–H and O–H groups in total. The molecule has 1 aliphatic carbocycles. The van der Waals surface area contributed by atoms with E-state index >= 15 is 0 Å². The van der Waals surface area contributed by atoms with Gasteiger partial charge >= 0.3 is 0 Å². The van der Waals surface area contributed by atoms with Crippen molar-refractivity contribution < 1.29 is 0 Å². The second-order valence-electron chi connectivity index (χ2n) is 6.51. The summed E-state index contributed by atoms with van der Waals surface area (Å²) >= 11 is 1.81. The van der Waals surface area contributed by atoms with Crippen LogP contribution in [0.15, 0.2) is 0 Å². The Morgan fingerprint density at radius 3 is 2.38 bits per heavy atom. The fourth-order valence-corrected chi connectivity index (χ4v) is 4.50. The SMILES string of the molecule is Cc1c(N)sc2c1C(C)(C)C(C)CC2(C)C. The lowest BCUT2D eigenvalue weighted by Crippen LogP contribution is -2.39. The van der Waals surface area contributed by atoms with Crippen LogP contribution in [0.25, 0.3) is 0 Å². The van der Waals surface area contributed by atoms with E-state index < -0.39 is 0 Å². The molecule has 0 spiro atoms. The van der Waals surface area contributed by atoms with Crippen LogP contribution >= 0.6 is 11.3 Å². The van der Waals surface area contributed by atoms with Crippen LogP contribution in [0.2, 0.25) is 0 Å². The Labute approximate surface area is 103 Å². The van der Waals surface area contributed by atoms with E-state index in [4.69, 9.17) is 5.73 Å². The molecule has 0 amide bonds. The average Bonchev–Trinajstić information content (AvgIpc) is 2.42. The van der Waals surface area contributed by atoms with E-state index in [2.05, 4.69) is 41.5 Å². The summed E-state index contributed by atoms with van der Waals surface area (Å²) in [4.78, 5) is 1.52. The summed E-state index contributed by atoms with van der Waals surface area (Å²) in [5.74, 6) is 0.711. The quantitative estimate of drug-likeness (QED) is 0.718. The van der Waals surface area contributed by atoms with Crippen LogP contribution in [-0.2, 0) is 10.8 Å². The van der Waals surface area contributed by atoms with Crippen molar-refractivity contribution in [3.05, 3.63) is 16.0 Å². The predicted octanol–water partition coefficient (Wildman–Crippen LogP) is 4.23. The molecule has 0 aromatic carbocycles. The smallest absolute Gasteiger partial charge is 0.0892 e. The second kappa shape index (κ2) is 3.25. The molecule has 1 atom stereocenters. The number of hydrogen-bond acceptors (Lipinski definition) is 2. The van der Waals surface area contributed by atoms with Crippen LogP contribution in [0.3, 0.4) is 0 Å². The Morgan fingerprint density at radius 2 is 1.81 bits per heavy atom. The highest BCUT2D eigenvalue weighted by Gasteiger charge is 2.44. The van der Waals surface area contributed by atoms with Gasteiger partial charge in [0, 0.05) is 4.88 Å². The Kier molecular flexibility index (Phi) is 2.43. The molecule has 1 aromatic rings. The van der Waals surface area contributed by atoms with E-state index in [0.29, 0.717) is 5.92 Å². The molecule has 0 aliphatic heterocycles. The van der Waals surface area contributed by atoms with Gasteiger partial charge in [0.1, 0.15) is 0 Å². The average molecular weight is 237 g/mol. The lowest BCUT2D eigenvalue weighted by atomic mass is 9.60. The first kappa shape index (κ1) is 12.0. The van der Waals surface area contributed by atoms with Crippen LogP contribution < -0.4 is 5.73 Å². The van der Waals surface area contributed by atoms with Gasteiger partial charge in [0.15, 0.2) is 0 Å². The number of hydrogen-bond donors (Lipinski definition) is 1. The molecule has 1 heterocycles. The lowest BCUT2D eigenvalue weighted by Gasteiger charge is -2.45. The van der Waals surface area contributed by atoms with Crippen LogP contribution in [0.5, 0.6) is 0 Å². The zero-order valence-corrected chi connectivity index (χ0v) is 12.1. The van der Waals surface area contributed by atoms with Gasteiger partial charge in [-0.1, -0.05) is 34.6 Å². The molecule has 0 fully saturated rings. The first-order chi connectivity index (χ1) is 7.18. The van der Waals surface area contributed by atoms with Crippen molar-refractivity contribution in [2.45, 2.75) is 58.8 Å². The Bertz CT molecular complexity index is 426. The molecule has 0 saturated heterocycles. The predicted molar refractivity (Wildman–Crippen MR) is 73.3 cm³/mol. The van der Waals surface area contributed by atoms with Gasteiger partial charge < -0.3 is 5.73 Å². The fraction of sp³-hybridized carbons (Fsp3) is 0.714. The van der Waals surface area contributed by atoms with Crippen molar-refractivity contribution in [3.63, 3.8) is 0 Å². The summed E-state index contributed by atoms with van der Waals surface area (Å²) in [5, 5.41) is 1.01. The van der Waals surface area contributed by atoms with E-state index in [0.717, 1.165) is 5.00 Å². The standard InChI is InChI=1S/C14H23NS/c1-8-7-13(3,4)11-10(14(8,5)6)9(2)12(15)16-11/h8H,7,15H2,1-6H3. The van der Waals surface area contributed by atoms with Crippen LogP contribution in [-0.4, -0.2) is 0 Å². The molecule has 2 heteroatoms. The van der Waals surface area contributed by atoms with E-state index in [1.54, 1.807) is 11.3 Å². The van der Waals surface area contributed by atoms with E-state index in [9.17, 15) is 0 Å². The minimum atomic E-state index is 0.267. The van der Waals surface area contributed by atoms with Crippen molar-refractivity contribution in [1.29, 1.82) is 0 Å². The van der Waals surface area contributed by atoms with Gasteiger partial charge in [0.2, 0.25) is 0 Å². The van der Waals surface area contributed by atoms with E-state index in [-0.39, 0.29) is 10.8 Å². The summed E-state index contributed by atoms with van der Waals surface area (Å²) in [6.45, 7) is 14.0. The van der Waals surface area contributed by atoms with Gasteiger partial charge in [-0.25, -0.2) is 0 Å². The van der Waals surface area contributed by atoms with Gasteiger partial charge in [-0.2, -0.15) is 0 Å². The highest BCUT2D eigenvalue weighted by atomic mass is 32.1. The normalized spacial score (nSPS) is 26.5. The molecule has 1 nitrogen and oxygen atoms in total. The van der Waals surface area contributed by atoms with E-state index in [1.807, 2.05) is 0 Å². The molecular formula is C14H23NS. The minimum Gasteiger partial charge on any atom is -0.390 e. The first-order valence-corrected chi connectivity index (χ1v) is 6.89. The van der Waals surface area contributed by atoms with Crippen LogP contribution in [0.1, 0.15) is 57.0 Å². The number of thiophene rings is 1. The van der Waals surface area contributed by atoms with Crippen molar-refractivity contribution in [2.24, 2.45) is 5.92 Å². The molecule has 1 unspecified atom stereocenters. The third kappa shape index (κ3) is 1.42. The zero-order chi connectivity index (χ0) is 12.3. The molecule has 1 aliphatic rings. The molecule has 1 aromatic heterocycles. The number of nitrogen functional groups attached to an aromatic ring is 1. The van der Waals surface area contributed by atoms with Crippen molar-refractivity contribution in [1.82, 2.24) is 0 Å². The maximum Gasteiger partial charge on any atom is 0.0892 e. The van der Waals surface area contributed by atoms with Gasteiger partial charge in [0.25, 0.3) is 0 Å². The van der Waals surface area contributed by atoms with Crippen molar-refractivity contribution in [2.75, 3.05) is 5.73 Å². The Balaban J connectivity index is 2.73. The summed E-state index contributed by atoms with van der Waals surface area (Å²) in [7, 11) is 0. The number of nitrogens with two attached hydrogens (primary N) is 1. The Morgan fingerprint density at radius 1 is 1.25 bits per heavy atom. The van der Waals surface area contributed by atoms with Gasteiger partial charge in [-0.05, 0) is 41.2 Å². The maximum absolute atomic E-state index is 6.13. The number of anilines is 1. The van der Waals surface area contributed by atoms with Crippen LogP contribution in [0.4, 0.5) is 5.00 Å². The third-order valence-corrected chi connectivity index (χ3v) is 5.98. The largest absolute Gasteiger partial charge is 0.390 e. The number of rotatable bonds is 0. The van der Waals surface area contributed by atoms with Gasteiger partial charge in [-0.15, -0.1) is 11.3 Å². The topological polar surface area (TPSA) is 26.0 Å². The highest BCUT2D eigenvalue weighted by molar-refractivity contribution is 7.16. The Hall–Kier alpha value is -0.500. The fourth-order valence-electron chi connectivity index (χ4n) is 3.14. The minimum absolute atomic E-state index is 0.267. The molecule has 0 bridgehead atoms.